The molecule has 0 unspecified atom stereocenters. The standard InChI is InChI=1S/C18H22N4O/c1-14-17(15(2)22(20-14)13-7-12-19)10-11-18(23)21(3)16-8-5-4-6-9-16/h4-6,8-9H,7,10-11,13H2,1-3H3. The average Bonchev–Trinajstić information content (AvgIpc) is 2.84. The van der Waals surface area contributed by atoms with E-state index in [9.17, 15) is 4.79 Å². The third-order valence-corrected chi connectivity index (χ3v) is 4.07. The summed E-state index contributed by atoms with van der Waals surface area (Å²) in [5, 5.41) is 13.2. The minimum Gasteiger partial charge on any atom is -0.315 e. The number of amides is 1. The molecule has 1 heterocycles. The van der Waals surface area contributed by atoms with Crippen molar-refractivity contribution in [2.24, 2.45) is 0 Å². The molecule has 1 aromatic carbocycles. The maximum atomic E-state index is 12.4. The number of anilines is 1. The first-order chi connectivity index (χ1) is 11.0. The van der Waals surface area contributed by atoms with Gasteiger partial charge in [0.1, 0.15) is 0 Å². The molecule has 23 heavy (non-hydrogen) atoms. The van der Waals surface area contributed by atoms with Crippen LogP contribution in [0.4, 0.5) is 5.69 Å². The van der Waals surface area contributed by atoms with E-state index in [1.807, 2.05) is 48.9 Å². The van der Waals surface area contributed by atoms with Crippen LogP contribution in [0.3, 0.4) is 0 Å². The second-order valence-corrected chi connectivity index (χ2v) is 5.57. The van der Waals surface area contributed by atoms with Gasteiger partial charge in [-0.3, -0.25) is 9.48 Å². The normalized spacial score (nSPS) is 10.3. The number of benzene rings is 1. The number of para-hydroxylation sites is 1. The van der Waals surface area contributed by atoms with Crippen molar-refractivity contribution in [1.29, 1.82) is 5.26 Å². The summed E-state index contributed by atoms with van der Waals surface area (Å²) >= 11 is 0. The molecule has 5 heteroatoms. The summed E-state index contributed by atoms with van der Waals surface area (Å²) in [5.74, 6) is 0.0831. The molecule has 0 aliphatic rings. The first-order valence-corrected chi connectivity index (χ1v) is 7.76. The van der Waals surface area contributed by atoms with E-state index in [0.29, 0.717) is 25.8 Å². The maximum absolute atomic E-state index is 12.4. The molecule has 0 saturated heterocycles. The molecule has 5 nitrogen and oxygen atoms in total. The number of aromatic nitrogens is 2. The largest absolute Gasteiger partial charge is 0.315 e. The van der Waals surface area contributed by atoms with Gasteiger partial charge >= 0.3 is 0 Å². The molecule has 0 radical (unpaired) electrons. The van der Waals surface area contributed by atoms with Crippen LogP contribution < -0.4 is 4.90 Å². The minimum atomic E-state index is 0.0831. The molecule has 2 aromatic rings. The van der Waals surface area contributed by atoms with Crippen molar-refractivity contribution in [2.75, 3.05) is 11.9 Å². The van der Waals surface area contributed by atoms with Crippen molar-refractivity contribution >= 4 is 11.6 Å². The predicted molar refractivity (Wildman–Crippen MR) is 90.1 cm³/mol. The van der Waals surface area contributed by atoms with Gasteiger partial charge in [-0.2, -0.15) is 10.4 Å². The van der Waals surface area contributed by atoms with E-state index in [2.05, 4.69) is 11.2 Å². The van der Waals surface area contributed by atoms with Crippen LogP contribution in [0.2, 0.25) is 0 Å². The van der Waals surface area contributed by atoms with Gasteiger partial charge in [-0.05, 0) is 38.0 Å². The van der Waals surface area contributed by atoms with Crippen molar-refractivity contribution in [2.45, 2.75) is 39.7 Å². The first kappa shape index (κ1) is 16.8. The molecular formula is C18H22N4O. The van der Waals surface area contributed by atoms with Gasteiger partial charge in [-0.15, -0.1) is 0 Å². The molecule has 1 amide bonds. The SMILES string of the molecule is Cc1nn(CCC#N)c(C)c1CCC(=O)N(C)c1ccccc1. The highest BCUT2D eigenvalue weighted by molar-refractivity contribution is 5.92. The van der Waals surface area contributed by atoms with Gasteiger partial charge in [0, 0.05) is 24.8 Å². The van der Waals surface area contributed by atoms with Gasteiger partial charge < -0.3 is 4.90 Å². The molecule has 0 saturated carbocycles. The summed E-state index contributed by atoms with van der Waals surface area (Å²) in [6, 6.07) is 11.8. The number of aryl methyl sites for hydroxylation is 2. The van der Waals surface area contributed by atoms with Gasteiger partial charge in [0.2, 0.25) is 5.91 Å². The van der Waals surface area contributed by atoms with Crippen LogP contribution in [-0.2, 0) is 17.8 Å². The number of carbonyl (C=O) groups excluding carboxylic acids is 1. The summed E-state index contributed by atoms with van der Waals surface area (Å²) in [5.41, 5.74) is 4.00. The summed E-state index contributed by atoms with van der Waals surface area (Å²) in [4.78, 5) is 14.1. The highest BCUT2D eigenvalue weighted by Gasteiger charge is 2.15. The fourth-order valence-electron chi connectivity index (χ4n) is 2.66. The van der Waals surface area contributed by atoms with Crippen molar-refractivity contribution < 1.29 is 4.79 Å². The number of nitriles is 1. The average molecular weight is 310 g/mol. The second-order valence-electron chi connectivity index (χ2n) is 5.57. The van der Waals surface area contributed by atoms with Crippen LogP contribution in [0.25, 0.3) is 0 Å². The molecule has 120 valence electrons. The van der Waals surface area contributed by atoms with Gasteiger partial charge in [-0.25, -0.2) is 0 Å². The second kappa shape index (κ2) is 7.59. The van der Waals surface area contributed by atoms with E-state index in [4.69, 9.17) is 5.26 Å². The Labute approximate surface area is 137 Å². The molecule has 0 aliphatic heterocycles. The Morgan fingerprint density at radius 1 is 1.30 bits per heavy atom. The Kier molecular flexibility index (Phi) is 5.53. The van der Waals surface area contributed by atoms with E-state index < -0.39 is 0 Å². The number of nitrogens with zero attached hydrogens (tertiary/aromatic N) is 4. The van der Waals surface area contributed by atoms with Crippen LogP contribution >= 0.6 is 0 Å². The molecule has 0 spiro atoms. The third-order valence-electron chi connectivity index (χ3n) is 4.07. The van der Waals surface area contributed by atoms with Crippen molar-refractivity contribution in [1.82, 2.24) is 9.78 Å². The first-order valence-electron chi connectivity index (χ1n) is 7.76. The van der Waals surface area contributed by atoms with E-state index >= 15 is 0 Å². The van der Waals surface area contributed by atoms with Crippen molar-refractivity contribution in [3.8, 4) is 6.07 Å². The van der Waals surface area contributed by atoms with Crippen LogP contribution in [0.1, 0.15) is 29.8 Å². The molecule has 0 fully saturated rings. The van der Waals surface area contributed by atoms with Crippen LogP contribution in [-0.4, -0.2) is 22.7 Å². The highest BCUT2D eigenvalue weighted by Crippen LogP contribution is 2.18. The highest BCUT2D eigenvalue weighted by atomic mass is 16.2. The summed E-state index contributed by atoms with van der Waals surface area (Å²) in [6.45, 7) is 4.55. The quantitative estimate of drug-likeness (QED) is 0.824. The number of rotatable bonds is 6. The third kappa shape index (κ3) is 3.98. The van der Waals surface area contributed by atoms with Crippen molar-refractivity contribution in [3.05, 3.63) is 47.3 Å². The lowest BCUT2D eigenvalue weighted by Crippen LogP contribution is -2.26. The lowest BCUT2D eigenvalue weighted by atomic mass is 10.1. The van der Waals surface area contributed by atoms with Crippen molar-refractivity contribution in [3.63, 3.8) is 0 Å². The maximum Gasteiger partial charge on any atom is 0.227 e. The minimum absolute atomic E-state index is 0.0831. The zero-order valence-corrected chi connectivity index (χ0v) is 13.9. The fourth-order valence-corrected chi connectivity index (χ4v) is 2.66. The monoisotopic (exact) mass is 310 g/mol. The summed E-state index contributed by atoms with van der Waals surface area (Å²) in [7, 11) is 1.80. The van der Waals surface area contributed by atoms with E-state index in [1.54, 1.807) is 11.9 Å². The smallest absolute Gasteiger partial charge is 0.227 e. The van der Waals surface area contributed by atoms with Crippen LogP contribution in [0, 0.1) is 25.2 Å². The number of carbonyl (C=O) groups is 1. The lowest BCUT2D eigenvalue weighted by molar-refractivity contribution is -0.118. The van der Waals surface area contributed by atoms with Crippen LogP contribution in [0.5, 0.6) is 0 Å². The van der Waals surface area contributed by atoms with Gasteiger partial charge in [0.15, 0.2) is 0 Å². The molecule has 0 N–H and O–H groups in total. The zero-order valence-electron chi connectivity index (χ0n) is 13.9. The Morgan fingerprint density at radius 3 is 2.65 bits per heavy atom. The van der Waals surface area contributed by atoms with Gasteiger partial charge in [0.05, 0.1) is 24.7 Å². The topological polar surface area (TPSA) is 61.9 Å². The molecule has 0 atom stereocenters. The summed E-state index contributed by atoms with van der Waals surface area (Å²) < 4.78 is 1.86. The molecule has 2 rings (SSSR count). The summed E-state index contributed by atoms with van der Waals surface area (Å²) in [6.07, 6.45) is 1.55. The molecule has 1 aromatic heterocycles. The van der Waals surface area contributed by atoms with Gasteiger partial charge in [0.25, 0.3) is 0 Å². The Morgan fingerprint density at radius 2 is 2.00 bits per heavy atom. The molecular weight excluding hydrogens is 288 g/mol. The van der Waals surface area contributed by atoms with E-state index in [1.165, 1.54) is 0 Å². The Bertz CT molecular complexity index is 713. The van der Waals surface area contributed by atoms with E-state index in [0.717, 1.165) is 22.6 Å². The molecule has 0 aliphatic carbocycles. The Balaban J connectivity index is 2.02. The number of hydrogen-bond acceptors (Lipinski definition) is 3. The lowest BCUT2D eigenvalue weighted by Gasteiger charge is -2.17. The zero-order chi connectivity index (χ0) is 16.8. The van der Waals surface area contributed by atoms with E-state index in [-0.39, 0.29) is 5.91 Å². The van der Waals surface area contributed by atoms with Crippen LogP contribution in [0.15, 0.2) is 30.3 Å². The van der Waals surface area contributed by atoms with Gasteiger partial charge in [-0.1, -0.05) is 18.2 Å². The fraction of sp³-hybridized carbons (Fsp3) is 0.389. The number of hydrogen-bond donors (Lipinski definition) is 0. The molecule has 0 bridgehead atoms. The predicted octanol–water partition coefficient (Wildman–Crippen LogP) is 3.01. The Hall–Kier alpha value is -2.61.